The molecule has 0 bridgehead atoms. The molecule has 0 spiro atoms. The van der Waals surface area contributed by atoms with Crippen LogP contribution in [0.2, 0.25) is 0 Å². The highest BCUT2D eigenvalue weighted by molar-refractivity contribution is 5.86. The van der Waals surface area contributed by atoms with Crippen LogP contribution in [0.5, 0.6) is 0 Å². The molecule has 2 unspecified atom stereocenters. The fourth-order valence-electron chi connectivity index (χ4n) is 1.35. The van der Waals surface area contributed by atoms with E-state index in [1.165, 1.54) is 6.92 Å². The van der Waals surface area contributed by atoms with Crippen LogP contribution >= 0.6 is 0 Å². The number of urea groups is 1. The summed E-state index contributed by atoms with van der Waals surface area (Å²) in [7, 11) is 0. The molecule has 0 aromatic carbocycles. The van der Waals surface area contributed by atoms with Crippen LogP contribution in [0.1, 0.15) is 24.7 Å². The number of rotatable bonds is 7. The van der Waals surface area contributed by atoms with E-state index in [9.17, 15) is 14.7 Å². The van der Waals surface area contributed by atoms with Crippen LogP contribution in [0.25, 0.3) is 0 Å². The van der Waals surface area contributed by atoms with Gasteiger partial charge < -0.3 is 36.8 Å². The molecule has 3 atom stereocenters. The van der Waals surface area contributed by atoms with E-state index in [0.717, 1.165) is 0 Å². The van der Waals surface area contributed by atoms with Crippen molar-refractivity contribution < 1.29 is 24.3 Å². The van der Waals surface area contributed by atoms with E-state index in [1.54, 1.807) is 0 Å². The summed E-state index contributed by atoms with van der Waals surface area (Å²) in [6, 6.07) is -2.73. The second kappa shape index (κ2) is 7.52. The van der Waals surface area contributed by atoms with Crippen molar-refractivity contribution in [3.8, 4) is 0 Å². The Labute approximate surface area is 119 Å². The van der Waals surface area contributed by atoms with Crippen LogP contribution in [0.15, 0.2) is 4.52 Å². The molecule has 0 saturated carbocycles. The van der Waals surface area contributed by atoms with Crippen LogP contribution in [0.4, 0.5) is 4.79 Å². The third kappa shape index (κ3) is 4.98. The lowest BCUT2D eigenvalue weighted by molar-refractivity contribution is -0.122. The van der Waals surface area contributed by atoms with Gasteiger partial charge in [0.25, 0.3) is 0 Å². The lowest BCUT2D eigenvalue weighted by atomic mass is 10.2. The van der Waals surface area contributed by atoms with Crippen LogP contribution in [0, 0.1) is 0 Å². The molecule has 3 amide bonds. The molecule has 0 aliphatic carbocycles. The number of aromatic nitrogens is 2. The molecular formula is C10H18N6O5. The summed E-state index contributed by atoms with van der Waals surface area (Å²) in [6.45, 7) is 0.847. The molecule has 0 aliphatic rings. The minimum atomic E-state index is -1.22. The second-order valence-electron chi connectivity index (χ2n) is 4.28. The molecule has 11 nitrogen and oxygen atoms in total. The van der Waals surface area contributed by atoms with Crippen molar-refractivity contribution >= 4 is 11.9 Å². The lowest BCUT2D eigenvalue weighted by Crippen LogP contribution is -2.53. The smallest absolute Gasteiger partial charge is 0.315 e. The van der Waals surface area contributed by atoms with Crippen molar-refractivity contribution in [2.24, 2.45) is 11.5 Å². The number of nitrogens with two attached hydrogens (primary N) is 2. The predicted molar refractivity (Wildman–Crippen MR) is 68.3 cm³/mol. The van der Waals surface area contributed by atoms with Gasteiger partial charge in [0.05, 0.1) is 25.3 Å². The van der Waals surface area contributed by atoms with Gasteiger partial charge in [0, 0.05) is 0 Å². The molecule has 11 heteroatoms. The number of carbonyl (C=O) groups is 2. The highest BCUT2D eigenvalue weighted by Gasteiger charge is 2.23. The van der Waals surface area contributed by atoms with E-state index in [0.29, 0.717) is 0 Å². The first-order valence-electron chi connectivity index (χ1n) is 6.05. The first kappa shape index (κ1) is 16.8. The van der Waals surface area contributed by atoms with Gasteiger partial charge in [-0.1, -0.05) is 5.16 Å². The largest absolute Gasteiger partial charge is 0.394 e. The molecule has 1 aromatic heterocycles. The Hall–Kier alpha value is -2.24. The summed E-state index contributed by atoms with van der Waals surface area (Å²) in [5.41, 5.74) is 10.5. The summed E-state index contributed by atoms with van der Waals surface area (Å²) in [6.07, 6.45) is -1.13. The van der Waals surface area contributed by atoms with Crippen molar-refractivity contribution in [1.82, 2.24) is 20.8 Å². The van der Waals surface area contributed by atoms with E-state index in [4.69, 9.17) is 21.1 Å². The maximum absolute atomic E-state index is 11.5. The minimum absolute atomic E-state index is 0.0664. The molecule has 0 saturated heterocycles. The minimum Gasteiger partial charge on any atom is -0.394 e. The number of aliphatic hydroxyl groups excluding tert-OH is 2. The standard InChI is InChI=1S/C10H18N6O5/c1-4(18)7(8(12)19)15-10(20)13-2-6-14-9(16-21-6)5(11)3-17/h4-5,7,17-18H,2-3,11H2,1H3,(H2,12,19)(H2,13,15,20)/t4?,5-,7?/m0/s1. The Balaban J connectivity index is 2.49. The van der Waals surface area contributed by atoms with Gasteiger partial charge in [0.15, 0.2) is 5.82 Å². The van der Waals surface area contributed by atoms with E-state index in [-0.39, 0.29) is 24.9 Å². The Kier molecular flexibility index (Phi) is 6.02. The number of aliphatic hydroxyl groups is 2. The number of nitrogens with one attached hydrogen (secondary N) is 2. The monoisotopic (exact) mass is 302 g/mol. The summed E-state index contributed by atoms with van der Waals surface area (Å²) < 4.78 is 4.80. The zero-order valence-electron chi connectivity index (χ0n) is 11.3. The van der Waals surface area contributed by atoms with Gasteiger partial charge in [-0.15, -0.1) is 0 Å². The van der Waals surface area contributed by atoms with Gasteiger partial charge >= 0.3 is 6.03 Å². The summed E-state index contributed by atoms with van der Waals surface area (Å²) in [4.78, 5) is 26.4. The molecule has 8 N–H and O–H groups in total. The van der Waals surface area contributed by atoms with Gasteiger partial charge in [-0.2, -0.15) is 4.98 Å². The Bertz CT molecular complexity index is 490. The van der Waals surface area contributed by atoms with Gasteiger partial charge in [-0.3, -0.25) is 4.79 Å². The molecule has 1 aromatic rings. The van der Waals surface area contributed by atoms with E-state index in [2.05, 4.69) is 20.8 Å². The SMILES string of the molecule is CC(O)C(NC(=O)NCc1nc([C@@H](N)CO)no1)C(N)=O. The summed E-state index contributed by atoms with van der Waals surface area (Å²) in [5, 5.41) is 26.2. The molecule has 0 radical (unpaired) electrons. The van der Waals surface area contributed by atoms with E-state index < -0.39 is 30.1 Å². The highest BCUT2D eigenvalue weighted by Crippen LogP contribution is 2.04. The van der Waals surface area contributed by atoms with Crippen molar-refractivity contribution in [3.63, 3.8) is 0 Å². The third-order valence-electron chi connectivity index (χ3n) is 2.49. The van der Waals surface area contributed by atoms with Crippen LogP contribution < -0.4 is 22.1 Å². The number of amides is 3. The molecule has 1 rings (SSSR count). The fraction of sp³-hybridized carbons (Fsp3) is 0.600. The number of nitrogens with zero attached hydrogens (tertiary/aromatic N) is 2. The topological polar surface area (TPSA) is 190 Å². The maximum atomic E-state index is 11.5. The molecule has 21 heavy (non-hydrogen) atoms. The first-order valence-corrected chi connectivity index (χ1v) is 6.05. The summed E-state index contributed by atoms with van der Waals surface area (Å²) in [5.74, 6) is -0.695. The molecule has 0 aliphatic heterocycles. The Morgan fingerprint density at radius 3 is 2.67 bits per heavy atom. The maximum Gasteiger partial charge on any atom is 0.315 e. The highest BCUT2D eigenvalue weighted by atomic mass is 16.5. The van der Waals surface area contributed by atoms with Crippen LogP contribution in [-0.2, 0) is 11.3 Å². The number of hydrogen-bond acceptors (Lipinski definition) is 8. The van der Waals surface area contributed by atoms with Crippen molar-refractivity contribution in [3.05, 3.63) is 11.7 Å². The van der Waals surface area contributed by atoms with Crippen LogP contribution in [0.3, 0.4) is 0 Å². The third-order valence-corrected chi connectivity index (χ3v) is 2.49. The van der Waals surface area contributed by atoms with Gasteiger partial charge in [0.2, 0.25) is 11.8 Å². The van der Waals surface area contributed by atoms with E-state index >= 15 is 0 Å². The van der Waals surface area contributed by atoms with Crippen molar-refractivity contribution in [2.75, 3.05) is 6.61 Å². The fourth-order valence-corrected chi connectivity index (χ4v) is 1.35. The van der Waals surface area contributed by atoms with Gasteiger partial charge in [0.1, 0.15) is 6.04 Å². The first-order chi connectivity index (χ1) is 9.85. The summed E-state index contributed by atoms with van der Waals surface area (Å²) >= 11 is 0. The average molecular weight is 302 g/mol. The normalized spacial score (nSPS) is 15.0. The zero-order chi connectivity index (χ0) is 16.0. The molecule has 0 fully saturated rings. The molecular weight excluding hydrogens is 284 g/mol. The lowest BCUT2D eigenvalue weighted by Gasteiger charge is -2.17. The zero-order valence-corrected chi connectivity index (χ0v) is 11.3. The Morgan fingerprint density at radius 2 is 2.14 bits per heavy atom. The molecule has 118 valence electrons. The average Bonchev–Trinajstić information content (AvgIpc) is 2.89. The number of primary amides is 1. The van der Waals surface area contributed by atoms with Gasteiger partial charge in [-0.05, 0) is 6.92 Å². The van der Waals surface area contributed by atoms with Crippen molar-refractivity contribution in [2.45, 2.75) is 31.7 Å². The number of hydrogen-bond donors (Lipinski definition) is 6. The predicted octanol–water partition coefficient (Wildman–Crippen LogP) is -2.90. The van der Waals surface area contributed by atoms with Crippen molar-refractivity contribution in [1.29, 1.82) is 0 Å². The Morgan fingerprint density at radius 1 is 1.48 bits per heavy atom. The quantitative estimate of drug-likeness (QED) is 0.309. The molecule has 1 heterocycles. The van der Waals surface area contributed by atoms with E-state index in [1.807, 2.05) is 0 Å². The van der Waals surface area contributed by atoms with Gasteiger partial charge in [-0.25, -0.2) is 4.79 Å². The van der Waals surface area contributed by atoms with Crippen LogP contribution in [-0.4, -0.2) is 51.0 Å². The second-order valence-corrected chi connectivity index (χ2v) is 4.28. The number of carbonyl (C=O) groups excluding carboxylic acids is 2.